The lowest BCUT2D eigenvalue weighted by atomic mass is 10.2. The first-order valence-corrected chi connectivity index (χ1v) is 7.93. The van der Waals surface area contributed by atoms with Crippen LogP contribution in [-0.2, 0) is 13.1 Å². The van der Waals surface area contributed by atoms with Crippen LogP contribution in [0.4, 0.5) is 0 Å². The Kier molecular flexibility index (Phi) is 4.05. The van der Waals surface area contributed by atoms with Gasteiger partial charge >= 0.3 is 0 Å². The lowest BCUT2D eigenvalue weighted by Crippen LogP contribution is -2.26. The van der Waals surface area contributed by atoms with Crippen molar-refractivity contribution in [3.05, 3.63) is 46.0 Å². The summed E-state index contributed by atoms with van der Waals surface area (Å²) >= 11 is 3.40. The fraction of sp³-hybridized carbons (Fsp3) is 0.400. The fourth-order valence-corrected chi connectivity index (χ4v) is 2.63. The Morgan fingerprint density at radius 3 is 2.95 bits per heavy atom. The van der Waals surface area contributed by atoms with Crippen molar-refractivity contribution in [2.75, 3.05) is 0 Å². The minimum absolute atomic E-state index is 0.0991. The summed E-state index contributed by atoms with van der Waals surface area (Å²) in [4.78, 5) is 16.6. The zero-order valence-electron chi connectivity index (χ0n) is 11.8. The second kappa shape index (κ2) is 5.97. The van der Waals surface area contributed by atoms with E-state index in [1.165, 1.54) is 12.8 Å². The van der Waals surface area contributed by atoms with Gasteiger partial charge in [0.15, 0.2) is 0 Å². The van der Waals surface area contributed by atoms with Gasteiger partial charge in [-0.25, -0.2) is 0 Å². The van der Waals surface area contributed by atoms with Gasteiger partial charge in [-0.05, 0) is 38.0 Å². The van der Waals surface area contributed by atoms with E-state index in [1.54, 1.807) is 10.9 Å². The normalized spacial score (nSPS) is 14.2. The van der Waals surface area contributed by atoms with Gasteiger partial charge in [-0.1, -0.05) is 15.9 Å². The van der Waals surface area contributed by atoms with Crippen molar-refractivity contribution < 1.29 is 4.79 Å². The van der Waals surface area contributed by atoms with Gasteiger partial charge in [0.2, 0.25) is 0 Å². The first-order valence-electron chi connectivity index (χ1n) is 7.13. The van der Waals surface area contributed by atoms with Crippen LogP contribution in [0.3, 0.4) is 0 Å². The number of rotatable bonds is 5. The number of halogens is 1. The smallest absolute Gasteiger partial charge is 0.269 e. The SMILES string of the molecule is CCn1nc(C2CC2)cc1C(=O)NCc1cc(Br)ccn1. The number of nitrogens with zero attached hydrogens (tertiary/aromatic N) is 3. The molecule has 0 spiro atoms. The van der Waals surface area contributed by atoms with Gasteiger partial charge in [-0.3, -0.25) is 14.5 Å². The van der Waals surface area contributed by atoms with Gasteiger partial charge in [0.05, 0.1) is 17.9 Å². The van der Waals surface area contributed by atoms with Crippen LogP contribution in [0.1, 0.15) is 47.6 Å². The van der Waals surface area contributed by atoms with Crippen molar-refractivity contribution in [2.24, 2.45) is 0 Å². The van der Waals surface area contributed by atoms with Crippen LogP contribution >= 0.6 is 15.9 Å². The predicted octanol–water partition coefficient (Wildman–Crippen LogP) is 2.87. The molecule has 1 fully saturated rings. The molecule has 0 saturated heterocycles. The van der Waals surface area contributed by atoms with E-state index >= 15 is 0 Å². The highest BCUT2D eigenvalue weighted by molar-refractivity contribution is 9.10. The minimum atomic E-state index is -0.0991. The molecular weight excluding hydrogens is 332 g/mol. The third-order valence-corrected chi connectivity index (χ3v) is 4.03. The molecule has 2 aromatic rings. The Bertz CT molecular complexity index is 663. The number of hydrogen-bond donors (Lipinski definition) is 1. The van der Waals surface area contributed by atoms with Gasteiger partial charge in [0, 0.05) is 23.1 Å². The lowest BCUT2D eigenvalue weighted by molar-refractivity contribution is 0.0939. The molecule has 1 aliphatic carbocycles. The molecule has 1 N–H and O–H groups in total. The zero-order chi connectivity index (χ0) is 14.8. The molecule has 1 saturated carbocycles. The Morgan fingerprint density at radius 1 is 1.48 bits per heavy atom. The Hall–Kier alpha value is -1.69. The summed E-state index contributed by atoms with van der Waals surface area (Å²) in [6.07, 6.45) is 4.08. The van der Waals surface area contributed by atoms with E-state index in [2.05, 4.69) is 31.3 Å². The molecule has 0 unspecified atom stereocenters. The number of carbonyl (C=O) groups is 1. The van der Waals surface area contributed by atoms with E-state index in [0.29, 0.717) is 24.7 Å². The number of aromatic nitrogens is 3. The maximum absolute atomic E-state index is 12.3. The van der Waals surface area contributed by atoms with Gasteiger partial charge in [-0.2, -0.15) is 5.10 Å². The summed E-state index contributed by atoms with van der Waals surface area (Å²) in [5.74, 6) is 0.453. The van der Waals surface area contributed by atoms with Crippen molar-refractivity contribution in [3.8, 4) is 0 Å². The maximum atomic E-state index is 12.3. The number of nitrogens with one attached hydrogen (secondary N) is 1. The van der Waals surface area contributed by atoms with E-state index in [1.807, 2.05) is 25.1 Å². The standard InChI is InChI=1S/C15H17BrN4O/c1-2-20-14(8-13(19-20)10-3-4-10)15(21)18-9-12-7-11(16)5-6-17-12/h5-8,10H,2-4,9H2,1H3,(H,18,21). The third-order valence-electron chi connectivity index (χ3n) is 3.54. The molecule has 0 aliphatic heterocycles. The quantitative estimate of drug-likeness (QED) is 0.903. The minimum Gasteiger partial charge on any atom is -0.345 e. The topological polar surface area (TPSA) is 59.8 Å². The molecule has 0 bridgehead atoms. The number of aryl methyl sites for hydroxylation is 1. The van der Waals surface area contributed by atoms with Gasteiger partial charge in [-0.15, -0.1) is 0 Å². The average molecular weight is 349 g/mol. The molecule has 2 heterocycles. The summed E-state index contributed by atoms with van der Waals surface area (Å²) in [6, 6.07) is 5.68. The molecule has 5 nitrogen and oxygen atoms in total. The summed E-state index contributed by atoms with van der Waals surface area (Å²) < 4.78 is 2.73. The Morgan fingerprint density at radius 2 is 2.29 bits per heavy atom. The van der Waals surface area contributed by atoms with Crippen LogP contribution in [-0.4, -0.2) is 20.7 Å². The van der Waals surface area contributed by atoms with Crippen LogP contribution < -0.4 is 5.32 Å². The van der Waals surface area contributed by atoms with Crippen molar-refractivity contribution in [2.45, 2.75) is 38.8 Å². The molecule has 1 amide bonds. The first-order chi connectivity index (χ1) is 10.2. The average Bonchev–Trinajstić information content (AvgIpc) is 3.24. The van der Waals surface area contributed by atoms with E-state index < -0.39 is 0 Å². The van der Waals surface area contributed by atoms with Crippen LogP contribution in [0.5, 0.6) is 0 Å². The predicted molar refractivity (Wildman–Crippen MR) is 83.0 cm³/mol. The molecule has 1 aliphatic rings. The molecule has 110 valence electrons. The van der Waals surface area contributed by atoms with E-state index in [9.17, 15) is 4.79 Å². The molecule has 0 radical (unpaired) electrons. The van der Waals surface area contributed by atoms with E-state index in [4.69, 9.17) is 0 Å². The van der Waals surface area contributed by atoms with Gasteiger partial charge in [0.25, 0.3) is 5.91 Å². The third kappa shape index (κ3) is 3.32. The highest BCUT2D eigenvalue weighted by Crippen LogP contribution is 2.39. The van der Waals surface area contributed by atoms with Crippen LogP contribution in [0, 0.1) is 0 Å². The number of carbonyl (C=O) groups excluding carboxylic acids is 1. The van der Waals surface area contributed by atoms with E-state index in [-0.39, 0.29) is 5.91 Å². The molecule has 0 atom stereocenters. The molecule has 0 aromatic carbocycles. The van der Waals surface area contributed by atoms with Crippen molar-refractivity contribution >= 4 is 21.8 Å². The highest BCUT2D eigenvalue weighted by Gasteiger charge is 2.28. The number of amides is 1. The monoisotopic (exact) mass is 348 g/mol. The van der Waals surface area contributed by atoms with Crippen molar-refractivity contribution in [1.29, 1.82) is 0 Å². The highest BCUT2D eigenvalue weighted by atomic mass is 79.9. The molecule has 2 aromatic heterocycles. The van der Waals surface area contributed by atoms with Gasteiger partial charge in [0.1, 0.15) is 5.69 Å². The fourth-order valence-electron chi connectivity index (χ4n) is 2.25. The van der Waals surface area contributed by atoms with E-state index in [0.717, 1.165) is 15.9 Å². The first kappa shape index (κ1) is 14.3. The second-order valence-corrected chi connectivity index (χ2v) is 6.11. The van der Waals surface area contributed by atoms with Crippen molar-refractivity contribution in [3.63, 3.8) is 0 Å². The summed E-state index contributed by atoms with van der Waals surface area (Å²) in [5, 5.41) is 7.42. The van der Waals surface area contributed by atoms with Crippen LogP contribution in [0.15, 0.2) is 28.9 Å². The summed E-state index contributed by atoms with van der Waals surface area (Å²) in [6.45, 7) is 3.10. The second-order valence-electron chi connectivity index (χ2n) is 5.19. The summed E-state index contributed by atoms with van der Waals surface area (Å²) in [5.41, 5.74) is 2.50. The van der Waals surface area contributed by atoms with Crippen molar-refractivity contribution in [1.82, 2.24) is 20.1 Å². The van der Waals surface area contributed by atoms with Crippen LogP contribution in [0.25, 0.3) is 0 Å². The van der Waals surface area contributed by atoms with Crippen LogP contribution in [0.2, 0.25) is 0 Å². The number of hydrogen-bond acceptors (Lipinski definition) is 3. The number of pyridine rings is 1. The Labute approximate surface area is 131 Å². The molecule has 21 heavy (non-hydrogen) atoms. The molecule has 3 rings (SSSR count). The zero-order valence-corrected chi connectivity index (χ0v) is 13.4. The maximum Gasteiger partial charge on any atom is 0.269 e. The van der Waals surface area contributed by atoms with Gasteiger partial charge < -0.3 is 5.32 Å². The molecular formula is C15H17BrN4O. The molecule has 6 heteroatoms. The Balaban J connectivity index is 1.70. The largest absolute Gasteiger partial charge is 0.345 e. The lowest BCUT2D eigenvalue weighted by Gasteiger charge is -2.06. The summed E-state index contributed by atoms with van der Waals surface area (Å²) in [7, 11) is 0.